The normalized spacial score (nSPS) is 18.2. The quantitative estimate of drug-likeness (QED) is 0.810. The molecule has 0 aromatic heterocycles. The van der Waals surface area contributed by atoms with Crippen LogP contribution in [0.15, 0.2) is 18.2 Å². The highest BCUT2D eigenvalue weighted by atomic mass is 16.5. The second kappa shape index (κ2) is 4.66. The fourth-order valence-electron chi connectivity index (χ4n) is 1.85. The minimum Gasteiger partial charge on any atom is -0.480 e. The van der Waals surface area contributed by atoms with Gasteiger partial charge in [-0.05, 0) is 24.6 Å². The highest BCUT2D eigenvalue weighted by Crippen LogP contribution is 2.34. The van der Waals surface area contributed by atoms with Crippen molar-refractivity contribution >= 4 is 17.6 Å². The van der Waals surface area contributed by atoms with Crippen molar-refractivity contribution in [3.05, 3.63) is 23.8 Å². The zero-order valence-electron chi connectivity index (χ0n) is 9.79. The summed E-state index contributed by atoms with van der Waals surface area (Å²) in [5, 5.41) is 17.9. The van der Waals surface area contributed by atoms with E-state index in [1.54, 1.807) is 25.1 Å². The van der Waals surface area contributed by atoms with Crippen molar-refractivity contribution < 1.29 is 24.5 Å². The molecule has 2 N–H and O–H groups in total. The van der Waals surface area contributed by atoms with Crippen LogP contribution in [0.2, 0.25) is 0 Å². The molecule has 96 valence electrons. The van der Waals surface area contributed by atoms with E-state index in [4.69, 9.17) is 14.9 Å². The molecule has 1 amide bonds. The summed E-state index contributed by atoms with van der Waals surface area (Å²) in [5.74, 6) is -1.06. The molecule has 18 heavy (non-hydrogen) atoms. The van der Waals surface area contributed by atoms with Crippen LogP contribution in [-0.2, 0) is 16.2 Å². The van der Waals surface area contributed by atoms with E-state index < -0.39 is 18.6 Å². The van der Waals surface area contributed by atoms with Gasteiger partial charge in [-0.25, -0.2) is 0 Å². The van der Waals surface area contributed by atoms with Crippen LogP contribution in [0.4, 0.5) is 5.69 Å². The fourth-order valence-corrected chi connectivity index (χ4v) is 1.85. The van der Waals surface area contributed by atoms with Crippen molar-refractivity contribution in [1.82, 2.24) is 0 Å². The van der Waals surface area contributed by atoms with Crippen LogP contribution < -0.4 is 9.64 Å². The number of carbonyl (C=O) groups is 2. The number of anilines is 1. The van der Waals surface area contributed by atoms with E-state index in [0.29, 0.717) is 17.0 Å². The van der Waals surface area contributed by atoms with Crippen molar-refractivity contribution in [3.63, 3.8) is 0 Å². The predicted molar refractivity (Wildman–Crippen MR) is 62.4 cm³/mol. The summed E-state index contributed by atoms with van der Waals surface area (Å²) >= 11 is 0. The predicted octanol–water partition coefficient (Wildman–Crippen LogP) is 0.377. The van der Waals surface area contributed by atoms with Crippen molar-refractivity contribution in [2.75, 3.05) is 11.4 Å². The maximum absolute atomic E-state index is 11.9. The monoisotopic (exact) mass is 251 g/mol. The zero-order valence-corrected chi connectivity index (χ0v) is 9.79. The molecular formula is C12H13NO5. The van der Waals surface area contributed by atoms with Crippen LogP contribution in [0.25, 0.3) is 0 Å². The SMILES string of the molecule is CC1Oc2cc(CO)ccc2N(CC(=O)O)C1=O. The third-order valence-electron chi connectivity index (χ3n) is 2.71. The number of carbonyl (C=O) groups excluding carboxylic acids is 1. The minimum atomic E-state index is -1.09. The van der Waals surface area contributed by atoms with Gasteiger partial charge in [-0.2, -0.15) is 0 Å². The van der Waals surface area contributed by atoms with Crippen molar-refractivity contribution in [3.8, 4) is 5.75 Å². The van der Waals surface area contributed by atoms with Gasteiger partial charge in [-0.1, -0.05) is 6.07 Å². The summed E-state index contributed by atoms with van der Waals surface area (Å²) in [6.07, 6.45) is -0.731. The van der Waals surface area contributed by atoms with Gasteiger partial charge in [0.25, 0.3) is 5.91 Å². The van der Waals surface area contributed by atoms with Crippen LogP contribution in [0.1, 0.15) is 12.5 Å². The summed E-state index contributed by atoms with van der Waals surface area (Å²) in [7, 11) is 0. The maximum atomic E-state index is 11.9. The number of ether oxygens (including phenoxy) is 1. The lowest BCUT2D eigenvalue weighted by Crippen LogP contribution is -2.46. The second-order valence-corrected chi connectivity index (χ2v) is 4.04. The molecule has 6 nitrogen and oxygen atoms in total. The average Bonchev–Trinajstić information content (AvgIpc) is 2.33. The van der Waals surface area contributed by atoms with E-state index in [2.05, 4.69) is 0 Å². The Morgan fingerprint density at radius 2 is 2.22 bits per heavy atom. The first-order chi connectivity index (χ1) is 8.52. The molecule has 0 spiro atoms. The van der Waals surface area contributed by atoms with Crippen molar-refractivity contribution in [2.45, 2.75) is 19.6 Å². The third-order valence-corrected chi connectivity index (χ3v) is 2.71. The number of rotatable bonds is 3. The molecule has 0 radical (unpaired) electrons. The Hall–Kier alpha value is -2.08. The summed E-state index contributed by atoms with van der Waals surface area (Å²) in [6, 6.07) is 4.81. The van der Waals surface area contributed by atoms with Crippen LogP contribution in [0, 0.1) is 0 Å². The maximum Gasteiger partial charge on any atom is 0.323 e. The number of hydrogen-bond acceptors (Lipinski definition) is 4. The molecule has 1 heterocycles. The Labute approximate surface area is 103 Å². The van der Waals surface area contributed by atoms with Gasteiger partial charge in [0.15, 0.2) is 6.10 Å². The summed E-state index contributed by atoms with van der Waals surface area (Å²) in [5.41, 5.74) is 1.06. The van der Waals surface area contributed by atoms with Gasteiger partial charge in [0.1, 0.15) is 12.3 Å². The van der Waals surface area contributed by atoms with E-state index in [-0.39, 0.29) is 12.5 Å². The number of aliphatic carboxylic acids is 1. The number of fused-ring (bicyclic) bond motifs is 1. The molecule has 1 aromatic carbocycles. The Morgan fingerprint density at radius 1 is 1.50 bits per heavy atom. The first-order valence-corrected chi connectivity index (χ1v) is 5.46. The summed E-state index contributed by atoms with van der Waals surface area (Å²) < 4.78 is 5.40. The molecule has 0 saturated carbocycles. The van der Waals surface area contributed by atoms with Crippen molar-refractivity contribution in [2.24, 2.45) is 0 Å². The molecule has 1 aliphatic rings. The number of benzene rings is 1. The Balaban J connectivity index is 2.43. The molecule has 2 rings (SSSR count). The van der Waals surface area contributed by atoms with Gasteiger partial charge < -0.3 is 14.9 Å². The molecule has 6 heteroatoms. The average molecular weight is 251 g/mol. The first-order valence-electron chi connectivity index (χ1n) is 5.46. The lowest BCUT2D eigenvalue weighted by Gasteiger charge is -2.32. The van der Waals surface area contributed by atoms with Crippen LogP contribution in [0.5, 0.6) is 5.75 Å². The molecular weight excluding hydrogens is 238 g/mol. The smallest absolute Gasteiger partial charge is 0.323 e. The number of amides is 1. The van der Waals surface area contributed by atoms with Gasteiger partial charge in [-0.15, -0.1) is 0 Å². The van der Waals surface area contributed by atoms with Crippen LogP contribution in [-0.4, -0.2) is 34.7 Å². The summed E-state index contributed by atoms with van der Waals surface area (Å²) in [6.45, 7) is 1.02. The van der Waals surface area contributed by atoms with Gasteiger partial charge >= 0.3 is 5.97 Å². The van der Waals surface area contributed by atoms with E-state index >= 15 is 0 Å². The molecule has 1 aromatic rings. The van der Waals surface area contributed by atoms with Gasteiger partial charge in [0.05, 0.1) is 12.3 Å². The van der Waals surface area contributed by atoms with E-state index in [9.17, 15) is 9.59 Å². The molecule has 1 aliphatic heterocycles. The minimum absolute atomic E-state index is 0.141. The topological polar surface area (TPSA) is 87.1 Å². The lowest BCUT2D eigenvalue weighted by atomic mass is 10.1. The second-order valence-electron chi connectivity index (χ2n) is 4.04. The number of carboxylic acid groups (broad SMARTS) is 1. The fraction of sp³-hybridized carbons (Fsp3) is 0.333. The largest absolute Gasteiger partial charge is 0.480 e. The first kappa shape index (κ1) is 12.4. The molecule has 0 bridgehead atoms. The Kier molecular flexibility index (Phi) is 3.20. The molecule has 0 saturated heterocycles. The van der Waals surface area contributed by atoms with Gasteiger partial charge in [-0.3, -0.25) is 14.5 Å². The molecule has 1 atom stereocenters. The van der Waals surface area contributed by atoms with Crippen LogP contribution >= 0.6 is 0 Å². The highest BCUT2D eigenvalue weighted by Gasteiger charge is 2.32. The Bertz CT molecular complexity index is 499. The number of hydrogen-bond donors (Lipinski definition) is 2. The zero-order chi connectivity index (χ0) is 13.3. The van der Waals surface area contributed by atoms with Crippen LogP contribution in [0.3, 0.4) is 0 Å². The molecule has 1 unspecified atom stereocenters. The van der Waals surface area contributed by atoms with E-state index in [0.717, 1.165) is 0 Å². The number of aliphatic hydroxyl groups excluding tert-OH is 1. The number of carboxylic acids is 1. The van der Waals surface area contributed by atoms with E-state index in [1.807, 2.05) is 0 Å². The molecule has 0 fully saturated rings. The number of aliphatic hydroxyl groups is 1. The van der Waals surface area contributed by atoms with Gasteiger partial charge in [0.2, 0.25) is 0 Å². The molecule has 0 aliphatic carbocycles. The highest BCUT2D eigenvalue weighted by molar-refractivity contribution is 6.02. The van der Waals surface area contributed by atoms with Gasteiger partial charge in [0, 0.05) is 0 Å². The number of nitrogens with zero attached hydrogens (tertiary/aromatic N) is 1. The Morgan fingerprint density at radius 3 is 2.83 bits per heavy atom. The standard InChI is InChI=1S/C12H13NO5/c1-7-12(17)13(5-11(15)16)9-3-2-8(6-14)4-10(9)18-7/h2-4,7,14H,5-6H2,1H3,(H,15,16). The third kappa shape index (κ3) is 2.14. The summed E-state index contributed by atoms with van der Waals surface area (Å²) in [4.78, 5) is 23.8. The lowest BCUT2D eigenvalue weighted by molar-refractivity contribution is -0.137. The van der Waals surface area contributed by atoms with Crippen molar-refractivity contribution in [1.29, 1.82) is 0 Å². The van der Waals surface area contributed by atoms with E-state index in [1.165, 1.54) is 4.90 Å².